The van der Waals surface area contributed by atoms with Crippen molar-refractivity contribution in [3.05, 3.63) is 17.6 Å². The van der Waals surface area contributed by atoms with E-state index in [1.54, 1.807) is 0 Å². The van der Waals surface area contributed by atoms with Crippen LogP contribution in [-0.4, -0.2) is 40.4 Å². The number of nitrogens with zero attached hydrogens (tertiary/aromatic N) is 2. The highest BCUT2D eigenvalue weighted by molar-refractivity contribution is 5.36. The second kappa shape index (κ2) is 4.98. The highest BCUT2D eigenvalue weighted by Gasteiger charge is 2.29. The lowest BCUT2D eigenvalue weighted by molar-refractivity contribution is -0.0543. The van der Waals surface area contributed by atoms with Gasteiger partial charge in [-0.2, -0.15) is 0 Å². The van der Waals surface area contributed by atoms with E-state index in [1.807, 2.05) is 19.9 Å². The van der Waals surface area contributed by atoms with Gasteiger partial charge < -0.3 is 15.2 Å². The van der Waals surface area contributed by atoms with Gasteiger partial charge in [0.2, 0.25) is 0 Å². The molecule has 0 amide bonds. The van der Waals surface area contributed by atoms with E-state index >= 15 is 0 Å². The molecule has 0 aliphatic carbocycles. The van der Waals surface area contributed by atoms with Crippen LogP contribution in [0.15, 0.2) is 6.07 Å². The molecule has 0 bridgehead atoms. The van der Waals surface area contributed by atoms with Crippen molar-refractivity contribution in [1.82, 2.24) is 9.97 Å². The highest BCUT2D eigenvalue weighted by Crippen LogP contribution is 2.20. The lowest BCUT2D eigenvalue weighted by Crippen LogP contribution is -2.42. The first-order valence-electron chi connectivity index (χ1n) is 5.94. The van der Waals surface area contributed by atoms with Gasteiger partial charge in [-0.3, -0.25) is 0 Å². The first-order valence-corrected chi connectivity index (χ1v) is 5.94. The van der Waals surface area contributed by atoms with Gasteiger partial charge in [0.05, 0.1) is 5.60 Å². The number of nitrogens with one attached hydrogen (secondary N) is 1. The maximum atomic E-state index is 10.3. The summed E-state index contributed by atoms with van der Waals surface area (Å²) in [7, 11) is 0. The Balaban J connectivity index is 1.96. The Morgan fingerprint density at radius 1 is 1.35 bits per heavy atom. The number of rotatable bonds is 3. The third-order valence-electron chi connectivity index (χ3n) is 2.99. The van der Waals surface area contributed by atoms with E-state index in [-0.39, 0.29) is 0 Å². The Morgan fingerprint density at radius 3 is 2.71 bits per heavy atom. The van der Waals surface area contributed by atoms with Crippen LogP contribution < -0.4 is 5.32 Å². The quantitative estimate of drug-likeness (QED) is 0.822. The maximum absolute atomic E-state index is 10.3. The minimum absolute atomic E-state index is 0.506. The van der Waals surface area contributed by atoms with E-state index in [0.717, 1.165) is 17.3 Å². The average Bonchev–Trinajstić information content (AvgIpc) is 2.26. The van der Waals surface area contributed by atoms with Gasteiger partial charge in [-0.05, 0) is 13.8 Å². The van der Waals surface area contributed by atoms with Gasteiger partial charge >= 0.3 is 0 Å². The summed E-state index contributed by atoms with van der Waals surface area (Å²) in [6, 6.07) is 1.88. The highest BCUT2D eigenvalue weighted by atomic mass is 16.5. The van der Waals surface area contributed by atoms with Crippen LogP contribution in [0, 0.1) is 13.8 Å². The van der Waals surface area contributed by atoms with Gasteiger partial charge in [0.25, 0.3) is 0 Å². The van der Waals surface area contributed by atoms with Crippen molar-refractivity contribution in [2.24, 2.45) is 0 Å². The van der Waals surface area contributed by atoms with Crippen molar-refractivity contribution < 1.29 is 9.84 Å². The molecule has 5 nitrogen and oxygen atoms in total. The molecule has 1 aliphatic heterocycles. The van der Waals surface area contributed by atoms with E-state index < -0.39 is 5.60 Å². The molecule has 1 aliphatic rings. The van der Waals surface area contributed by atoms with E-state index in [1.165, 1.54) is 0 Å². The molecular weight excluding hydrogens is 218 g/mol. The summed E-state index contributed by atoms with van der Waals surface area (Å²) in [5, 5.41) is 13.5. The minimum atomic E-state index is -0.676. The lowest BCUT2D eigenvalue weighted by Gasteiger charge is -2.32. The molecule has 0 spiro atoms. The van der Waals surface area contributed by atoms with Gasteiger partial charge in [-0.1, -0.05) is 0 Å². The van der Waals surface area contributed by atoms with E-state index in [9.17, 15) is 5.11 Å². The van der Waals surface area contributed by atoms with Crippen LogP contribution in [0.3, 0.4) is 0 Å². The van der Waals surface area contributed by atoms with Crippen LogP contribution in [0.25, 0.3) is 0 Å². The number of aryl methyl sites for hydroxylation is 2. The molecule has 0 radical (unpaired) electrons. The molecule has 1 aromatic rings. The summed E-state index contributed by atoms with van der Waals surface area (Å²) >= 11 is 0. The number of hydrogen-bond donors (Lipinski definition) is 2. The average molecular weight is 237 g/mol. The number of aromatic nitrogens is 2. The fourth-order valence-electron chi connectivity index (χ4n) is 1.99. The Kier molecular flexibility index (Phi) is 3.59. The topological polar surface area (TPSA) is 67.3 Å². The van der Waals surface area contributed by atoms with E-state index in [0.29, 0.717) is 32.6 Å². The molecule has 2 rings (SSSR count). The van der Waals surface area contributed by atoms with Crippen LogP contribution in [0.5, 0.6) is 0 Å². The molecule has 94 valence electrons. The molecule has 1 aromatic heterocycles. The van der Waals surface area contributed by atoms with Crippen LogP contribution >= 0.6 is 0 Å². The maximum Gasteiger partial charge on any atom is 0.130 e. The summed E-state index contributed by atoms with van der Waals surface area (Å²) in [5.41, 5.74) is 0.254. The predicted molar refractivity (Wildman–Crippen MR) is 65.0 cm³/mol. The fraction of sp³-hybridized carbons (Fsp3) is 0.667. The van der Waals surface area contributed by atoms with Crippen molar-refractivity contribution in [3.8, 4) is 0 Å². The van der Waals surface area contributed by atoms with Crippen LogP contribution in [-0.2, 0) is 4.74 Å². The largest absolute Gasteiger partial charge is 0.388 e. The molecule has 2 N–H and O–H groups in total. The van der Waals surface area contributed by atoms with Crippen molar-refractivity contribution in [1.29, 1.82) is 0 Å². The molecule has 0 unspecified atom stereocenters. The van der Waals surface area contributed by atoms with Crippen LogP contribution in [0.2, 0.25) is 0 Å². The second-order valence-electron chi connectivity index (χ2n) is 4.63. The zero-order valence-corrected chi connectivity index (χ0v) is 10.4. The zero-order valence-electron chi connectivity index (χ0n) is 10.4. The number of hydrogen-bond acceptors (Lipinski definition) is 5. The minimum Gasteiger partial charge on any atom is -0.388 e. The Labute approximate surface area is 101 Å². The molecule has 0 aromatic carbocycles. The van der Waals surface area contributed by atoms with Gasteiger partial charge in [-0.25, -0.2) is 9.97 Å². The molecule has 0 saturated carbocycles. The third kappa shape index (κ3) is 3.38. The Hall–Kier alpha value is -1.20. The first-order chi connectivity index (χ1) is 8.07. The van der Waals surface area contributed by atoms with Crippen molar-refractivity contribution in [2.75, 3.05) is 25.1 Å². The normalized spacial score (nSPS) is 19.0. The van der Waals surface area contributed by atoms with E-state index in [4.69, 9.17) is 4.74 Å². The zero-order chi connectivity index (χ0) is 12.3. The van der Waals surface area contributed by atoms with Crippen molar-refractivity contribution in [3.63, 3.8) is 0 Å². The molecule has 2 heterocycles. The summed E-state index contributed by atoms with van der Waals surface area (Å²) in [4.78, 5) is 8.50. The molecule has 1 fully saturated rings. The SMILES string of the molecule is Cc1cc(NCC2(O)CCOCC2)nc(C)n1. The van der Waals surface area contributed by atoms with Crippen molar-refractivity contribution >= 4 is 5.82 Å². The monoisotopic (exact) mass is 237 g/mol. The molecular formula is C12H19N3O2. The molecule has 0 atom stereocenters. The van der Waals surface area contributed by atoms with Gasteiger partial charge in [0.15, 0.2) is 0 Å². The van der Waals surface area contributed by atoms with E-state index in [2.05, 4.69) is 15.3 Å². The summed E-state index contributed by atoms with van der Waals surface area (Å²) < 4.78 is 5.24. The summed E-state index contributed by atoms with van der Waals surface area (Å²) in [5.74, 6) is 1.52. The lowest BCUT2D eigenvalue weighted by atomic mass is 9.94. The fourth-order valence-corrected chi connectivity index (χ4v) is 1.99. The standard InChI is InChI=1S/C12H19N3O2/c1-9-7-11(15-10(2)14-9)13-8-12(16)3-5-17-6-4-12/h7,16H,3-6,8H2,1-2H3,(H,13,14,15). The summed E-state index contributed by atoms with van der Waals surface area (Å²) in [6.45, 7) is 5.55. The number of anilines is 1. The molecule has 17 heavy (non-hydrogen) atoms. The molecule has 1 saturated heterocycles. The second-order valence-corrected chi connectivity index (χ2v) is 4.63. The molecule has 5 heteroatoms. The number of aliphatic hydroxyl groups is 1. The van der Waals surface area contributed by atoms with Gasteiger partial charge in [0.1, 0.15) is 11.6 Å². The predicted octanol–water partition coefficient (Wildman–Crippen LogP) is 1.05. The summed E-state index contributed by atoms with van der Waals surface area (Å²) in [6.07, 6.45) is 1.34. The Bertz CT molecular complexity index is 369. The number of ether oxygens (including phenoxy) is 1. The van der Waals surface area contributed by atoms with Crippen molar-refractivity contribution in [2.45, 2.75) is 32.3 Å². The van der Waals surface area contributed by atoms with Gasteiger partial charge in [0, 0.05) is 44.4 Å². The van der Waals surface area contributed by atoms with Crippen LogP contribution in [0.4, 0.5) is 5.82 Å². The Morgan fingerprint density at radius 2 is 2.06 bits per heavy atom. The van der Waals surface area contributed by atoms with Crippen LogP contribution in [0.1, 0.15) is 24.4 Å². The smallest absolute Gasteiger partial charge is 0.130 e. The third-order valence-corrected chi connectivity index (χ3v) is 2.99. The first kappa shape index (κ1) is 12.3. The van der Waals surface area contributed by atoms with Gasteiger partial charge in [-0.15, -0.1) is 0 Å².